The van der Waals surface area contributed by atoms with Crippen molar-refractivity contribution >= 4 is 33.4 Å². The molecule has 0 fully saturated rings. The molecule has 0 aromatic heterocycles. The Kier molecular flexibility index (Phi) is 2.75. The number of anilines is 1. The summed E-state index contributed by atoms with van der Waals surface area (Å²) in [5, 5.41) is 0. The lowest BCUT2D eigenvalue weighted by Crippen LogP contribution is -2.25. The van der Waals surface area contributed by atoms with Crippen molar-refractivity contribution in [1.29, 1.82) is 0 Å². The highest BCUT2D eigenvalue weighted by atomic mass is 79.9. The van der Waals surface area contributed by atoms with Crippen LogP contribution in [0.15, 0.2) is 16.6 Å². The van der Waals surface area contributed by atoms with Crippen LogP contribution in [0, 0.1) is 5.82 Å². The fraction of sp³-hybridized carbons (Fsp3) is 0.455. The molecular weight excluding hydrogens is 277 g/mol. The number of rotatable bonds is 1. The Hall–Kier alpha value is -0.220. The Morgan fingerprint density at radius 2 is 2.20 bits per heavy atom. The average molecular weight is 290 g/mol. The second-order valence-electron chi connectivity index (χ2n) is 4.07. The van der Waals surface area contributed by atoms with Gasteiger partial charge in [-0.25, -0.2) is 4.39 Å². The van der Waals surface area contributed by atoms with Gasteiger partial charge in [-0.3, -0.25) is 0 Å². The van der Waals surface area contributed by atoms with E-state index in [4.69, 9.17) is 0 Å². The van der Waals surface area contributed by atoms with Crippen LogP contribution in [0.4, 0.5) is 10.1 Å². The first-order valence-corrected chi connectivity index (χ1v) is 6.75. The summed E-state index contributed by atoms with van der Waals surface area (Å²) >= 11 is 5.03. The molecule has 82 valence electrons. The lowest BCUT2D eigenvalue weighted by atomic mass is 10.0. The summed E-state index contributed by atoms with van der Waals surface area (Å²) in [5.41, 5.74) is 1.83. The minimum Gasteiger partial charge on any atom is -0.372 e. The summed E-state index contributed by atoms with van der Waals surface area (Å²) in [4.78, 5) is 2.11. The van der Waals surface area contributed by atoms with Crippen molar-refractivity contribution in [3.05, 3.63) is 28.0 Å². The monoisotopic (exact) mass is 289 g/mol. The van der Waals surface area contributed by atoms with Gasteiger partial charge >= 0.3 is 0 Å². The third-order valence-electron chi connectivity index (χ3n) is 2.96. The maximum Gasteiger partial charge on any atom is 0.131 e. The standard InChI is InChI=1S/C11H13BrFNS/c1-11(15-3)6-14(2)9-5-7(12)4-8(13)10(9)11/h4-5H,6H2,1-3H3. The number of benzene rings is 1. The summed E-state index contributed by atoms with van der Waals surface area (Å²) in [6.07, 6.45) is 2.03. The van der Waals surface area contributed by atoms with E-state index in [9.17, 15) is 4.39 Å². The van der Waals surface area contributed by atoms with Gasteiger partial charge in [-0.2, -0.15) is 11.8 Å². The van der Waals surface area contributed by atoms with Gasteiger partial charge in [0.2, 0.25) is 0 Å². The third kappa shape index (κ3) is 1.68. The molecule has 15 heavy (non-hydrogen) atoms. The number of hydrogen-bond acceptors (Lipinski definition) is 2. The molecule has 1 aliphatic rings. The van der Waals surface area contributed by atoms with Crippen LogP contribution in [0.5, 0.6) is 0 Å². The molecule has 0 saturated carbocycles. The van der Waals surface area contributed by atoms with Crippen molar-refractivity contribution in [2.75, 3.05) is 24.7 Å². The van der Waals surface area contributed by atoms with Gasteiger partial charge < -0.3 is 4.90 Å². The van der Waals surface area contributed by atoms with E-state index in [0.717, 1.165) is 22.3 Å². The maximum absolute atomic E-state index is 13.9. The summed E-state index contributed by atoms with van der Waals surface area (Å²) in [7, 11) is 2.01. The van der Waals surface area contributed by atoms with Gasteiger partial charge in [-0.15, -0.1) is 0 Å². The topological polar surface area (TPSA) is 3.24 Å². The third-order valence-corrected chi connectivity index (χ3v) is 4.66. The number of hydrogen-bond donors (Lipinski definition) is 0. The molecule has 1 atom stereocenters. The number of halogens is 2. The Bertz CT molecular complexity index is 410. The minimum absolute atomic E-state index is 0.111. The van der Waals surface area contributed by atoms with Crippen LogP contribution in [0.25, 0.3) is 0 Å². The molecule has 1 aliphatic heterocycles. The van der Waals surface area contributed by atoms with Gasteiger partial charge in [-0.05, 0) is 25.3 Å². The minimum atomic E-state index is -0.130. The number of nitrogens with zero attached hydrogens (tertiary/aromatic N) is 1. The molecule has 2 rings (SSSR count). The molecule has 0 spiro atoms. The van der Waals surface area contributed by atoms with Crippen LogP contribution >= 0.6 is 27.7 Å². The lowest BCUT2D eigenvalue weighted by Gasteiger charge is -2.22. The summed E-state index contributed by atoms with van der Waals surface area (Å²) in [5.74, 6) is -0.111. The Morgan fingerprint density at radius 3 is 2.80 bits per heavy atom. The van der Waals surface area contributed by atoms with Gasteiger partial charge in [0, 0.05) is 29.3 Å². The van der Waals surface area contributed by atoms with Gasteiger partial charge in [0.15, 0.2) is 0 Å². The van der Waals surface area contributed by atoms with E-state index in [1.54, 1.807) is 17.8 Å². The predicted octanol–water partition coefficient (Wildman–Crippen LogP) is 3.62. The Labute approximate surface area is 102 Å². The van der Waals surface area contributed by atoms with Gasteiger partial charge in [0.1, 0.15) is 5.82 Å². The molecule has 1 aromatic rings. The zero-order valence-corrected chi connectivity index (χ0v) is 11.4. The highest BCUT2D eigenvalue weighted by molar-refractivity contribution is 9.10. The quantitative estimate of drug-likeness (QED) is 0.777. The molecule has 0 amide bonds. The van der Waals surface area contributed by atoms with E-state index in [1.807, 2.05) is 19.4 Å². The number of fused-ring (bicyclic) bond motifs is 1. The molecule has 1 heterocycles. The molecule has 1 nitrogen and oxygen atoms in total. The van der Waals surface area contributed by atoms with Gasteiger partial charge in [0.05, 0.1) is 4.75 Å². The van der Waals surface area contributed by atoms with E-state index in [0.29, 0.717) is 0 Å². The molecular formula is C11H13BrFNS. The molecule has 0 aliphatic carbocycles. The number of thioether (sulfide) groups is 1. The van der Waals surface area contributed by atoms with Crippen LogP contribution in [-0.4, -0.2) is 19.8 Å². The van der Waals surface area contributed by atoms with Crippen LogP contribution in [0.3, 0.4) is 0 Å². The van der Waals surface area contributed by atoms with Crippen LogP contribution in [0.1, 0.15) is 12.5 Å². The van der Waals surface area contributed by atoms with Crippen molar-refractivity contribution in [3.63, 3.8) is 0 Å². The van der Waals surface area contributed by atoms with E-state index in [2.05, 4.69) is 27.8 Å². The SMILES string of the molecule is CSC1(C)CN(C)c2cc(Br)cc(F)c21. The summed E-state index contributed by atoms with van der Waals surface area (Å²) in [6, 6.07) is 3.53. The molecule has 0 N–H and O–H groups in total. The van der Waals surface area contributed by atoms with E-state index >= 15 is 0 Å². The maximum atomic E-state index is 13.9. The van der Waals surface area contributed by atoms with Crippen molar-refractivity contribution in [2.24, 2.45) is 0 Å². The van der Waals surface area contributed by atoms with Crippen molar-refractivity contribution in [1.82, 2.24) is 0 Å². The van der Waals surface area contributed by atoms with Crippen molar-refractivity contribution in [2.45, 2.75) is 11.7 Å². The highest BCUT2D eigenvalue weighted by Gasteiger charge is 2.39. The first kappa shape index (κ1) is 11.3. The van der Waals surface area contributed by atoms with Crippen LogP contribution in [0.2, 0.25) is 0 Å². The van der Waals surface area contributed by atoms with Crippen molar-refractivity contribution in [3.8, 4) is 0 Å². The molecule has 1 aromatic carbocycles. The average Bonchev–Trinajstić information content (AvgIpc) is 2.39. The van der Waals surface area contributed by atoms with E-state index in [-0.39, 0.29) is 10.6 Å². The second-order valence-corrected chi connectivity index (χ2v) is 6.30. The first-order valence-electron chi connectivity index (χ1n) is 4.74. The van der Waals surface area contributed by atoms with Gasteiger partial charge in [0.25, 0.3) is 0 Å². The Balaban J connectivity index is 2.65. The summed E-state index contributed by atoms with van der Waals surface area (Å²) < 4.78 is 14.6. The largest absolute Gasteiger partial charge is 0.372 e. The zero-order valence-electron chi connectivity index (χ0n) is 8.97. The van der Waals surface area contributed by atoms with Crippen LogP contribution in [-0.2, 0) is 4.75 Å². The molecule has 4 heteroatoms. The van der Waals surface area contributed by atoms with Crippen LogP contribution < -0.4 is 4.90 Å². The fourth-order valence-corrected chi connectivity index (χ4v) is 3.31. The molecule has 1 unspecified atom stereocenters. The zero-order chi connectivity index (χ0) is 11.2. The molecule has 0 bridgehead atoms. The van der Waals surface area contributed by atoms with Gasteiger partial charge in [-0.1, -0.05) is 15.9 Å². The normalized spacial score (nSPS) is 24.5. The fourth-order valence-electron chi connectivity index (χ4n) is 2.17. The molecule has 0 radical (unpaired) electrons. The first-order chi connectivity index (χ1) is 6.98. The second kappa shape index (κ2) is 3.67. The smallest absolute Gasteiger partial charge is 0.131 e. The lowest BCUT2D eigenvalue weighted by molar-refractivity contribution is 0.589. The summed E-state index contributed by atoms with van der Waals surface area (Å²) in [6.45, 7) is 2.95. The van der Waals surface area contributed by atoms with E-state index < -0.39 is 0 Å². The number of likely N-dealkylation sites (N-methyl/N-ethyl adjacent to an activating group) is 1. The predicted molar refractivity (Wildman–Crippen MR) is 68.2 cm³/mol. The highest BCUT2D eigenvalue weighted by Crippen LogP contribution is 2.48. The van der Waals surface area contributed by atoms with Crippen molar-refractivity contribution < 1.29 is 4.39 Å². The van der Waals surface area contributed by atoms with E-state index in [1.165, 1.54) is 0 Å². The Morgan fingerprint density at radius 1 is 1.53 bits per heavy atom. The molecule has 0 saturated heterocycles.